The van der Waals surface area contributed by atoms with E-state index in [-0.39, 0.29) is 5.02 Å². The first kappa shape index (κ1) is 15.8. The van der Waals surface area contributed by atoms with E-state index in [0.29, 0.717) is 5.56 Å². The Morgan fingerprint density at radius 2 is 1.82 bits per heavy atom. The maximum Gasteiger partial charge on any atom is 0.417 e. The molecule has 0 radical (unpaired) electrons. The fourth-order valence-corrected chi connectivity index (χ4v) is 3.83. The lowest BCUT2D eigenvalue weighted by Crippen LogP contribution is -2.05. The van der Waals surface area contributed by atoms with Crippen LogP contribution in [0.3, 0.4) is 0 Å². The van der Waals surface area contributed by atoms with Gasteiger partial charge in [-0.3, -0.25) is 0 Å². The molecule has 1 aromatic heterocycles. The Balaban J connectivity index is 2.11. The Kier molecular flexibility index (Phi) is 4.23. The number of rotatable bonds is 2. The van der Waals surface area contributed by atoms with Crippen LogP contribution in [0, 0.1) is 0 Å². The summed E-state index contributed by atoms with van der Waals surface area (Å²) in [6.07, 6.45) is -4.45. The Hall–Kier alpha value is -1.04. The van der Waals surface area contributed by atoms with Gasteiger partial charge in [0.15, 0.2) is 0 Å². The Morgan fingerprint density at radius 3 is 2.50 bits per heavy atom. The first-order chi connectivity index (χ1) is 10.4. The van der Waals surface area contributed by atoms with Crippen LogP contribution in [0.25, 0.3) is 20.5 Å². The normalized spacial score (nSPS) is 12.0. The highest BCUT2D eigenvalue weighted by molar-refractivity contribution is 9.08. The van der Waals surface area contributed by atoms with Gasteiger partial charge in [-0.15, -0.1) is 11.3 Å². The third kappa shape index (κ3) is 3.03. The van der Waals surface area contributed by atoms with Gasteiger partial charge >= 0.3 is 6.18 Å². The minimum atomic E-state index is -4.45. The molecule has 0 aliphatic heterocycles. The number of fused-ring (bicyclic) bond motifs is 1. The topological polar surface area (TPSA) is 0 Å². The maximum absolute atomic E-state index is 13.0. The minimum absolute atomic E-state index is 0.279. The summed E-state index contributed by atoms with van der Waals surface area (Å²) in [7, 11) is 0. The van der Waals surface area contributed by atoms with Crippen molar-refractivity contribution in [1.29, 1.82) is 0 Å². The van der Waals surface area contributed by atoms with Crippen LogP contribution in [0.2, 0.25) is 5.02 Å². The summed E-state index contributed by atoms with van der Waals surface area (Å²) in [5.41, 5.74) is 0.854. The summed E-state index contributed by atoms with van der Waals surface area (Å²) in [5.74, 6) is 0. The average Bonchev–Trinajstić information content (AvgIpc) is 2.89. The second-order valence-corrected chi connectivity index (χ2v) is 6.86. The van der Waals surface area contributed by atoms with Gasteiger partial charge in [-0.1, -0.05) is 39.7 Å². The van der Waals surface area contributed by atoms with Crippen LogP contribution in [-0.2, 0) is 11.5 Å². The maximum atomic E-state index is 13.0. The molecule has 0 fully saturated rings. The molecule has 0 aliphatic rings. The molecular formula is C16H9BrClF3S. The third-order valence-corrected chi connectivity index (χ3v) is 5.43. The van der Waals surface area contributed by atoms with Gasteiger partial charge in [0.1, 0.15) is 0 Å². The molecule has 2 aromatic carbocycles. The van der Waals surface area contributed by atoms with E-state index < -0.39 is 11.7 Å². The van der Waals surface area contributed by atoms with Crippen molar-refractivity contribution >= 4 is 49.0 Å². The first-order valence-corrected chi connectivity index (χ1v) is 8.65. The van der Waals surface area contributed by atoms with E-state index in [0.717, 1.165) is 31.9 Å². The number of halogens is 5. The highest BCUT2D eigenvalue weighted by Crippen LogP contribution is 2.40. The van der Waals surface area contributed by atoms with Crippen molar-refractivity contribution in [3.63, 3.8) is 0 Å². The van der Waals surface area contributed by atoms with Crippen molar-refractivity contribution in [3.8, 4) is 10.4 Å². The molecule has 0 N–H and O–H groups in total. The molecule has 0 aliphatic carbocycles. The van der Waals surface area contributed by atoms with Crippen molar-refractivity contribution in [2.45, 2.75) is 11.5 Å². The zero-order valence-electron chi connectivity index (χ0n) is 11.0. The molecule has 3 aromatic rings. The highest BCUT2D eigenvalue weighted by atomic mass is 79.9. The summed E-state index contributed by atoms with van der Waals surface area (Å²) >= 11 is 10.5. The van der Waals surface area contributed by atoms with Crippen LogP contribution >= 0.6 is 38.9 Å². The smallest absolute Gasteiger partial charge is 0.166 e. The molecule has 0 atom stereocenters. The van der Waals surface area contributed by atoms with E-state index in [4.69, 9.17) is 11.6 Å². The molecular weight excluding hydrogens is 397 g/mol. The van der Waals surface area contributed by atoms with Gasteiger partial charge in [-0.2, -0.15) is 13.2 Å². The summed E-state index contributed by atoms with van der Waals surface area (Å²) in [6.45, 7) is 0. The molecule has 0 unspecified atom stereocenters. The lowest BCUT2D eigenvalue weighted by Gasteiger charge is -2.10. The molecule has 114 valence electrons. The summed E-state index contributed by atoms with van der Waals surface area (Å²) in [4.78, 5) is 0.795. The number of benzene rings is 2. The number of hydrogen-bond donors (Lipinski definition) is 0. The molecule has 0 saturated heterocycles. The molecule has 1 heterocycles. The Bertz CT molecular complexity index is 839. The Morgan fingerprint density at radius 1 is 1.05 bits per heavy atom. The quantitative estimate of drug-likeness (QED) is 0.398. The minimum Gasteiger partial charge on any atom is -0.166 e. The number of alkyl halides is 4. The van der Waals surface area contributed by atoms with Crippen LogP contribution in [-0.4, -0.2) is 0 Å². The zero-order valence-corrected chi connectivity index (χ0v) is 14.2. The zero-order chi connectivity index (χ0) is 15.9. The lowest BCUT2D eigenvalue weighted by molar-refractivity contribution is -0.137. The SMILES string of the molecule is FC(F)(F)c1cc(-c2cc3cc(CBr)ccc3s2)ccc1Cl. The molecule has 3 rings (SSSR count). The standard InChI is InChI=1S/C16H9BrClF3S/c17-8-9-1-4-14-11(5-9)7-15(22-14)10-2-3-13(18)12(6-10)16(19,20)21/h1-7H,8H2. The second kappa shape index (κ2) is 5.87. The third-order valence-electron chi connectivity index (χ3n) is 3.29. The fourth-order valence-electron chi connectivity index (χ4n) is 2.21. The van der Waals surface area contributed by atoms with Gasteiger partial charge in [0, 0.05) is 14.9 Å². The van der Waals surface area contributed by atoms with Gasteiger partial charge in [-0.05, 0) is 46.8 Å². The van der Waals surface area contributed by atoms with Gasteiger partial charge in [-0.25, -0.2) is 0 Å². The molecule has 6 heteroatoms. The highest BCUT2D eigenvalue weighted by Gasteiger charge is 2.33. The number of hydrogen-bond acceptors (Lipinski definition) is 1. The van der Waals surface area contributed by atoms with Crippen molar-refractivity contribution in [2.75, 3.05) is 0 Å². The summed E-state index contributed by atoms with van der Waals surface area (Å²) in [5, 5.41) is 1.49. The van der Waals surface area contributed by atoms with E-state index >= 15 is 0 Å². The van der Waals surface area contributed by atoms with E-state index in [1.165, 1.54) is 17.4 Å². The summed E-state index contributed by atoms with van der Waals surface area (Å²) in [6, 6.07) is 12.0. The van der Waals surface area contributed by atoms with Gasteiger partial charge in [0.2, 0.25) is 0 Å². The van der Waals surface area contributed by atoms with Gasteiger partial charge < -0.3 is 0 Å². The average molecular weight is 406 g/mol. The molecule has 0 nitrogen and oxygen atoms in total. The van der Waals surface area contributed by atoms with E-state index in [1.807, 2.05) is 24.3 Å². The van der Waals surface area contributed by atoms with Crippen molar-refractivity contribution in [3.05, 3.63) is 58.6 Å². The van der Waals surface area contributed by atoms with Crippen molar-refractivity contribution < 1.29 is 13.2 Å². The first-order valence-electron chi connectivity index (χ1n) is 6.34. The second-order valence-electron chi connectivity index (χ2n) is 4.81. The monoisotopic (exact) mass is 404 g/mol. The van der Waals surface area contributed by atoms with Crippen LogP contribution in [0.5, 0.6) is 0 Å². The fraction of sp³-hybridized carbons (Fsp3) is 0.125. The van der Waals surface area contributed by atoms with Crippen LogP contribution in [0.15, 0.2) is 42.5 Å². The van der Waals surface area contributed by atoms with Gasteiger partial charge in [0.25, 0.3) is 0 Å². The van der Waals surface area contributed by atoms with Crippen LogP contribution < -0.4 is 0 Å². The largest absolute Gasteiger partial charge is 0.417 e. The molecule has 0 spiro atoms. The predicted molar refractivity (Wildman–Crippen MR) is 89.9 cm³/mol. The van der Waals surface area contributed by atoms with E-state index in [2.05, 4.69) is 15.9 Å². The van der Waals surface area contributed by atoms with Crippen molar-refractivity contribution in [2.24, 2.45) is 0 Å². The van der Waals surface area contributed by atoms with Crippen LogP contribution in [0.1, 0.15) is 11.1 Å². The number of thiophene rings is 1. The van der Waals surface area contributed by atoms with Gasteiger partial charge in [0.05, 0.1) is 10.6 Å². The van der Waals surface area contributed by atoms with Crippen LogP contribution in [0.4, 0.5) is 13.2 Å². The summed E-state index contributed by atoms with van der Waals surface area (Å²) < 4.78 is 39.9. The molecule has 0 saturated carbocycles. The molecule has 0 amide bonds. The molecule has 0 bridgehead atoms. The lowest BCUT2D eigenvalue weighted by atomic mass is 10.1. The van der Waals surface area contributed by atoms with E-state index in [1.54, 1.807) is 6.07 Å². The predicted octanol–water partition coefficient (Wildman–Crippen LogP) is 7.14. The van der Waals surface area contributed by atoms with Crippen molar-refractivity contribution in [1.82, 2.24) is 0 Å². The van der Waals surface area contributed by atoms with E-state index in [9.17, 15) is 13.2 Å². The molecule has 22 heavy (non-hydrogen) atoms. The Labute approximate surface area is 142 Å².